The van der Waals surface area contributed by atoms with Gasteiger partial charge < -0.3 is 10.8 Å². The van der Waals surface area contributed by atoms with Gasteiger partial charge in [0.2, 0.25) is 0 Å². The quantitative estimate of drug-likeness (QED) is 0.857. The van der Waals surface area contributed by atoms with Gasteiger partial charge in [-0.15, -0.1) is 0 Å². The fourth-order valence-corrected chi connectivity index (χ4v) is 1.68. The topological polar surface area (TPSA) is 46.2 Å². The van der Waals surface area contributed by atoms with Gasteiger partial charge in [-0.2, -0.15) is 0 Å². The van der Waals surface area contributed by atoms with Crippen molar-refractivity contribution in [3.05, 3.63) is 27.7 Å². The zero-order chi connectivity index (χ0) is 9.84. The van der Waals surface area contributed by atoms with E-state index in [0.29, 0.717) is 12.3 Å². The van der Waals surface area contributed by atoms with Crippen molar-refractivity contribution in [3.8, 4) is 5.75 Å². The third kappa shape index (κ3) is 2.45. The predicted octanol–water partition coefficient (Wildman–Crippen LogP) is 2.35. The molecule has 0 fully saturated rings. The number of hydrogen-bond acceptors (Lipinski definition) is 2. The molecule has 0 radical (unpaired) electrons. The van der Waals surface area contributed by atoms with Gasteiger partial charge in [-0.1, -0.05) is 15.9 Å². The van der Waals surface area contributed by atoms with Crippen LogP contribution >= 0.6 is 15.9 Å². The van der Waals surface area contributed by atoms with Crippen molar-refractivity contribution < 1.29 is 5.11 Å². The third-order valence-electron chi connectivity index (χ3n) is 2.14. The molecule has 0 aliphatic rings. The van der Waals surface area contributed by atoms with Crippen LogP contribution in [-0.2, 0) is 6.42 Å². The first kappa shape index (κ1) is 10.5. The lowest BCUT2D eigenvalue weighted by Gasteiger charge is -2.09. The summed E-state index contributed by atoms with van der Waals surface area (Å²) in [5.41, 5.74) is 7.53. The normalized spacial score (nSPS) is 10.4. The Hall–Kier alpha value is -0.540. The fraction of sp³-hybridized carbons (Fsp3) is 0.400. The van der Waals surface area contributed by atoms with E-state index in [0.717, 1.165) is 28.4 Å². The number of benzene rings is 1. The van der Waals surface area contributed by atoms with Crippen LogP contribution in [0.1, 0.15) is 17.5 Å². The minimum Gasteiger partial charge on any atom is -0.508 e. The first-order valence-electron chi connectivity index (χ1n) is 4.34. The van der Waals surface area contributed by atoms with Crippen LogP contribution in [0.15, 0.2) is 16.6 Å². The Morgan fingerprint density at radius 3 is 2.77 bits per heavy atom. The molecule has 0 unspecified atom stereocenters. The fourth-order valence-electron chi connectivity index (χ4n) is 1.31. The number of phenols is 1. The van der Waals surface area contributed by atoms with Crippen molar-refractivity contribution in [1.82, 2.24) is 0 Å². The Bertz CT molecular complexity index is 299. The minimum absolute atomic E-state index is 0.370. The molecule has 1 aromatic carbocycles. The predicted molar refractivity (Wildman–Crippen MR) is 57.9 cm³/mol. The van der Waals surface area contributed by atoms with E-state index in [2.05, 4.69) is 15.9 Å². The summed E-state index contributed by atoms with van der Waals surface area (Å²) in [6, 6.07) is 3.57. The van der Waals surface area contributed by atoms with Gasteiger partial charge >= 0.3 is 0 Å². The molecule has 0 saturated heterocycles. The Kier molecular flexibility index (Phi) is 3.75. The summed E-state index contributed by atoms with van der Waals surface area (Å²) < 4.78 is 1.04. The van der Waals surface area contributed by atoms with E-state index in [1.807, 2.05) is 13.0 Å². The van der Waals surface area contributed by atoms with E-state index in [4.69, 9.17) is 5.73 Å². The van der Waals surface area contributed by atoms with Crippen LogP contribution in [0.2, 0.25) is 0 Å². The second kappa shape index (κ2) is 4.63. The van der Waals surface area contributed by atoms with Crippen LogP contribution in [0.25, 0.3) is 0 Å². The van der Waals surface area contributed by atoms with Crippen LogP contribution in [0.5, 0.6) is 5.75 Å². The maximum atomic E-state index is 9.58. The summed E-state index contributed by atoms with van der Waals surface area (Å²) in [7, 11) is 0. The lowest BCUT2D eigenvalue weighted by molar-refractivity contribution is 0.466. The SMILES string of the molecule is Cc1c(Br)ccc(O)c1CCCN. The standard InChI is InChI=1S/C10H14BrNO/c1-7-8(3-2-6-12)10(13)5-4-9(7)11/h4-5,13H,2-3,6,12H2,1H3. The monoisotopic (exact) mass is 243 g/mol. The van der Waals surface area contributed by atoms with Crippen LogP contribution in [0, 0.1) is 6.92 Å². The Labute approximate surface area is 86.9 Å². The molecule has 72 valence electrons. The van der Waals surface area contributed by atoms with Crippen molar-refractivity contribution in [3.63, 3.8) is 0 Å². The summed E-state index contributed by atoms with van der Waals surface area (Å²) in [6.07, 6.45) is 1.75. The second-order valence-corrected chi connectivity index (χ2v) is 3.92. The molecule has 0 amide bonds. The number of rotatable bonds is 3. The molecule has 3 N–H and O–H groups in total. The van der Waals surface area contributed by atoms with Crippen LogP contribution in [0.4, 0.5) is 0 Å². The zero-order valence-corrected chi connectivity index (χ0v) is 9.26. The highest BCUT2D eigenvalue weighted by atomic mass is 79.9. The molecule has 0 aromatic heterocycles. The van der Waals surface area contributed by atoms with E-state index < -0.39 is 0 Å². The number of halogens is 1. The van der Waals surface area contributed by atoms with E-state index in [1.165, 1.54) is 0 Å². The minimum atomic E-state index is 0.370. The first-order valence-corrected chi connectivity index (χ1v) is 5.13. The third-order valence-corrected chi connectivity index (χ3v) is 3.00. The van der Waals surface area contributed by atoms with Gasteiger partial charge in [0.05, 0.1) is 0 Å². The van der Waals surface area contributed by atoms with Crippen LogP contribution in [0.3, 0.4) is 0 Å². The van der Waals surface area contributed by atoms with Crippen LogP contribution < -0.4 is 5.73 Å². The molecule has 1 rings (SSSR count). The molecular formula is C10H14BrNO. The lowest BCUT2D eigenvalue weighted by Crippen LogP contribution is -2.01. The molecule has 0 atom stereocenters. The van der Waals surface area contributed by atoms with Gasteiger partial charge in [0.1, 0.15) is 5.75 Å². The molecule has 0 aliphatic carbocycles. The molecule has 0 bridgehead atoms. The van der Waals surface area contributed by atoms with Crippen molar-refractivity contribution in [2.24, 2.45) is 5.73 Å². The number of aromatic hydroxyl groups is 1. The molecule has 2 nitrogen and oxygen atoms in total. The first-order chi connectivity index (χ1) is 6.16. The number of nitrogens with two attached hydrogens (primary N) is 1. The van der Waals surface area contributed by atoms with Crippen LogP contribution in [-0.4, -0.2) is 11.7 Å². The summed E-state index contributed by atoms with van der Waals surface area (Å²) in [4.78, 5) is 0. The molecular weight excluding hydrogens is 230 g/mol. The Balaban J connectivity index is 2.96. The van der Waals surface area contributed by atoms with Gasteiger partial charge in [0.25, 0.3) is 0 Å². The maximum Gasteiger partial charge on any atom is 0.119 e. The molecule has 0 spiro atoms. The average Bonchev–Trinajstić information content (AvgIpc) is 2.12. The molecule has 1 aromatic rings. The van der Waals surface area contributed by atoms with Gasteiger partial charge in [0.15, 0.2) is 0 Å². The summed E-state index contributed by atoms with van der Waals surface area (Å²) in [5, 5.41) is 9.58. The van der Waals surface area contributed by atoms with E-state index >= 15 is 0 Å². The second-order valence-electron chi connectivity index (χ2n) is 3.06. The van der Waals surface area contributed by atoms with Gasteiger partial charge in [-0.25, -0.2) is 0 Å². The number of phenolic OH excluding ortho intramolecular Hbond substituents is 1. The van der Waals surface area contributed by atoms with Crippen molar-refractivity contribution in [2.75, 3.05) is 6.54 Å². The summed E-state index contributed by atoms with van der Waals surface area (Å²) in [6.45, 7) is 2.65. The van der Waals surface area contributed by atoms with E-state index in [1.54, 1.807) is 6.07 Å². The van der Waals surface area contributed by atoms with Gasteiger partial charge in [-0.3, -0.25) is 0 Å². The van der Waals surface area contributed by atoms with E-state index in [9.17, 15) is 5.11 Å². The highest BCUT2D eigenvalue weighted by Gasteiger charge is 2.06. The molecule has 0 aliphatic heterocycles. The van der Waals surface area contributed by atoms with Crippen molar-refractivity contribution >= 4 is 15.9 Å². The smallest absolute Gasteiger partial charge is 0.119 e. The van der Waals surface area contributed by atoms with Crippen molar-refractivity contribution in [1.29, 1.82) is 0 Å². The highest BCUT2D eigenvalue weighted by molar-refractivity contribution is 9.10. The Morgan fingerprint density at radius 1 is 1.46 bits per heavy atom. The Morgan fingerprint density at radius 2 is 2.15 bits per heavy atom. The number of hydrogen-bond donors (Lipinski definition) is 2. The average molecular weight is 244 g/mol. The maximum absolute atomic E-state index is 9.58. The lowest BCUT2D eigenvalue weighted by atomic mass is 10.0. The molecule has 0 heterocycles. The highest BCUT2D eigenvalue weighted by Crippen LogP contribution is 2.28. The summed E-state index contributed by atoms with van der Waals surface area (Å²) >= 11 is 3.43. The summed E-state index contributed by atoms with van der Waals surface area (Å²) in [5.74, 6) is 0.370. The molecule has 3 heteroatoms. The van der Waals surface area contributed by atoms with Gasteiger partial charge in [0, 0.05) is 4.47 Å². The van der Waals surface area contributed by atoms with Gasteiger partial charge in [-0.05, 0) is 49.6 Å². The molecule has 0 saturated carbocycles. The molecule has 13 heavy (non-hydrogen) atoms. The zero-order valence-electron chi connectivity index (χ0n) is 7.68. The van der Waals surface area contributed by atoms with Crippen molar-refractivity contribution in [2.45, 2.75) is 19.8 Å². The largest absolute Gasteiger partial charge is 0.508 e. The van der Waals surface area contributed by atoms with E-state index in [-0.39, 0.29) is 0 Å².